The maximum Gasteiger partial charge on any atom is 0.343 e. The van der Waals surface area contributed by atoms with Crippen molar-refractivity contribution in [1.29, 1.82) is 0 Å². The lowest BCUT2D eigenvalue weighted by atomic mass is 9.93. The molecule has 2 aromatic carbocycles. The third-order valence-electron chi connectivity index (χ3n) is 4.48. The summed E-state index contributed by atoms with van der Waals surface area (Å²) >= 11 is 0. The number of ether oxygens (including phenoxy) is 4. The van der Waals surface area contributed by atoms with Crippen molar-refractivity contribution in [3.63, 3.8) is 0 Å². The Morgan fingerprint density at radius 2 is 1.00 bits per heavy atom. The van der Waals surface area contributed by atoms with E-state index in [1.54, 1.807) is 0 Å². The molecule has 28 heavy (non-hydrogen) atoms. The van der Waals surface area contributed by atoms with Crippen LogP contribution in [0.25, 0.3) is 11.1 Å². The van der Waals surface area contributed by atoms with E-state index < -0.39 is 11.9 Å². The van der Waals surface area contributed by atoms with Crippen molar-refractivity contribution in [2.75, 3.05) is 27.4 Å². The summed E-state index contributed by atoms with van der Waals surface area (Å²) in [4.78, 5) is 22.6. The summed E-state index contributed by atoms with van der Waals surface area (Å²) in [5.41, 5.74) is 6.04. The van der Waals surface area contributed by atoms with Gasteiger partial charge in [-0.2, -0.15) is 0 Å². The van der Waals surface area contributed by atoms with Crippen LogP contribution in [-0.4, -0.2) is 39.4 Å². The normalized spacial score (nSPS) is 10.4. The molecule has 0 unspecified atom stereocenters. The lowest BCUT2D eigenvalue weighted by Crippen LogP contribution is -2.13. The molecule has 2 rings (SSSR count). The van der Waals surface area contributed by atoms with Gasteiger partial charge in [0.1, 0.15) is 11.5 Å². The first kappa shape index (κ1) is 21.3. The van der Waals surface area contributed by atoms with E-state index >= 15 is 0 Å². The van der Waals surface area contributed by atoms with E-state index in [0.29, 0.717) is 11.5 Å². The Bertz CT molecular complexity index is 812. The summed E-state index contributed by atoms with van der Waals surface area (Å²) in [5.74, 6) is 0.461. The summed E-state index contributed by atoms with van der Waals surface area (Å²) in [6.07, 6.45) is 0. The summed E-state index contributed by atoms with van der Waals surface area (Å²) in [6, 6.07) is 7.92. The van der Waals surface area contributed by atoms with Gasteiger partial charge < -0.3 is 18.9 Å². The Morgan fingerprint density at radius 3 is 1.32 bits per heavy atom. The van der Waals surface area contributed by atoms with Gasteiger partial charge in [0.15, 0.2) is 13.2 Å². The number of esters is 2. The molecule has 0 atom stereocenters. The fraction of sp³-hybridized carbons (Fsp3) is 0.364. The van der Waals surface area contributed by atoms with Crippen molar-refractivity contribution in [3.05, 3.63) is 46.5 Å². The van der Waals surface area contributed by atoms with Gasteiger partial charge in [0.25, 0.3) is 0 Å². The number of benzene rings is 2. The molecule has 2 aromatic rings. The number of hydrogen-bond acceptors (Lipinski definition) is 6. The number of hydrogen-bond donors (Lipinski definition) is 0. The number of methoxy groups -OCH3 is 2. The zero-order valence-corrected chi connectivity index (χ0v) is 17.2. The van der Waals surface area contributed by atoms with Crippen LogP contribution in [0.1, 0.15) is 22.3 Å². The van der Waals surface area contributed by atoms with E-state index in [1.165, 1.54) is 14.2 Å². The first-order chi connectivity index (χ1) is 13.3. The van der Waals surface area contributed by atoms with E-state index in [1.807, 2.05) is 52.0 Å². The van der Waals surface area contributed by atoms with Gasteiger partial charge in [-0.3, -0.25) is 0 Å². The maximum absolute atomic E-state index is 11.3. The van der Waals surface area contributed by atoms with Crippen molar-refractivity contribution in [1.82, 2.24) is 0 Å². The van der Waals surface area contributed by atoms with E-state index in [-0.39, 0.29) is 13.2 Å². The molecule has 0 aliphatic carbocycles. The fourth-order valence-corrected chi connectivity index (χ4v) is 2.86. The van der Waals surface area contributed by atoms with Gasteiger partial charge in [-0.05, 0) is 85.3 Å². The average molecular weight is 386 g/mol. The van der Waals surface area contributed by atoms with E-state index in [0.717, 1.165) is 33.4 Å². The molecule has 0 spiro atoms. The highest BCUT2D eigenvalue weighted by Gasteiger charge is 2.14. The van der Waals surface area contributed by atoms with Crippen LogP contribution in [0.4, 0.5) is 0 Å². The van der Waals surface area contributed by atoms with Gasteiger partial charge in [0, 0.05) is 0 Å². The molecule has 150 valence electrons. The van der Waals surface area contributed by atoms with E-state index in [9.17, 15) is 9.59 Å². The van der Waals surface area contributed by atoms with E-state index in [2.05, 4.69) is 9.47 Å². The second-order valence-electron chi connectivity index (χ2n) is 6.59. The minimum absolute atomic E-state index is 0.125. The lowest BCUT2D eigenvalue weighted by Gasteiger charge is -2.17. The summed E-state index contributed by atoms with van der Waals surface area (Å²) in [7, 11) is 2.66. The first-order valence-corrected chi connectivity index (χ1v) is 8.89. The van der Waals surface area contributed by atoms with Gasteiger partial charge in [-0.25, -0.2) is 9.59 Å². The van der Waals surface area contributed by atoms with Crippen LogP contribution in [0.2, 0.25) is 0 Å². The van der Waals surface area contributed by atoms with Crippen molar-refractivity contribution < 1.29 is 28.5 Å². The van der Waals surface area contributed by atoms with Crippen LogP contribution in [0, 0.1) is 27.7 Å². The molecular formula is C22H26O6. The Balaban J connectivity index is 2.31. The third kappa shape index (κ3) is 5.03. The van der Waals surface area contributed by atoms with E-state index in [4.69, 9.17) is 9.47 Å². The number of carbonyl (C=O) groups is 2. The molecule has 6 nitrogen and oxygen atoms in total. The monoisotopic (exact) mass is 386 g/mol. The molecular weight excluding hydrogens is 360 g/mol. The Hall–Kier alpha value is -3.02. The molecule has 0 amide bonds. The number of rotatable bonds is 7. The van der Waals surface area contributed by atoms with Gasteiger partial charge in [-0.1, -0.05) is 0 Å². The fourth-order valence-electron chi connectivity index (χ4n) is 2.86. The standard InChI is InChI=1S/C22H26O6/c1-13-9-19(27-11-21(23)25-5)15(3)7-17(13)18-8-16(4)20(10-14(18)2)28-12-22(24)26-6/h7-10H,11-12H2,1-6H3. The van der Waals surface area contributed by atoms with Crippen LogP contribution in [0.15, 0.2) is 24.3 Å². The quantitative estimate of drug-likeness (QED) is 0.676. The van der Waals surface area contributed by atoms with Gasteiger partial charge in [-0.15, -0.1) is 0 Å². The summed E-state index contributed by atoms with van der Waals surface area (Å²) in [6.45, 7) is 7.62. The molecule has 0 heterocycles. The highest BCUT2D eigenvalue weighted by Crippen LogP contribution is 2.35. The largest absolute Gasteiger partial charge is 0.482 e. The molecule has 0 saturated carbocycles. The van der Waals surface area contributed by atoms with Gasteiger partial charge in [0.2, 0.25) is 0 Å². The predicted octanol–water partition coefficient (Wildman–Crippen LogP) is 3.69. The van der Waals surface area contributed by atoms with Crippen molar-refractivity contribution in [3.8, 4) is 22.6 Å². The third-order valence-corrected chi connectivity index (χ3v) is 4.48. The Labute approximate surface area is 165 Å². The molecule has 0 bridgehead atoms. The minimum atomic E-state index is -0.421. The van der Waals surface area contributed by atoms with Gasteiger partial charge >= 0.3 is 11.9 Å². The second-order valence-corrected chi connectivity index (χ2v) is 6.59. The first-order valence-electron chi connectivity index (χ1n) is 8.89. The minimum Gasteiger partial charge on any atom is -0.482 e. The highest BCUT2D eigenvalue weighted by molar-refractivity contribution is 5.75. The number of carbonyl (C=O) groups excluding carboxylic acids is 2. The zero-order chi connectivity index (χ0) is 20.8. The molecule has 0 fully saturated rings. The molecule has 0 saturated heterocycles. The topological polar surface area (TPSA) is 71.1 Å². The highest BCUT2D eigenvalue weighted by atomic mass is 16.6. The van der Waals surface area contributed by atoms with Crippen LogP contribution < -0.4 is 9.47 Å². The Morgan fingerprint density at radius 1 is 0.643 bits per heavy atom. The van der Waals surface area contributed by atoms with Crippen LogP contribution >= 0.6 is 0 Å². The molecule has 6 heteroatoms. The second kappa shape index (κ2) is 9.26. The smallest absolute Gasteiger partial charge is 0.343 e. The SMILES string of the molecule is COC(=O)COc1cc(C)c(-c2cc(C)c(OCC(=O)OC)cc2C)cc1C. The molecule has 0 N–H and O–H groups in total. The summed E-state index contributed by atoms with van der Waals surface area (Å²) in [5, 5.41) is 0. The van der Waals surface area contributed by atoms with Gasteiger partial charge in [0.05, 0.1) is 14.2 Å². The zero-order valence-electron chi connectivity index (χ0n) is 17.2. The van der Waals surface area contributed by atoms with Crippen LogP contribution in [-0.2, 0) is 19.1 Å². The van der Waals surface area contributed by atoms with Crippen molar-refractivity contribution >= 4 is 11.9 Å². The predicted molar refractivity (Wildman–Crippen MR) is 106 cm³/mol. The van der Waals surface area contributed by atoms with Crippen molar-refractivity contribution in [2.24, 2.45) is 0 Å². The number of aryl methyl sites for hydroxylation is 4. The summed E-state index contributed by atoms with van der Waals surface area (Å²) < 4.78 is 20.3. The van der Waals surface area contributed by atoms with Crippen molar-refractivity contribution in [2.45, 2.75) is 27.7 Å². The van der Waals surface area contributed by atoms with Crippen LogP contribution in [0.3, 0.4) is 0 Å². The maximum atomic E-state index is 11.3. The molecule has 0 aliphatic rings. The molecule has 0 aromatic heterocycles. The molecule has 0 radical (unpaired) electrons. The molecule has 0 aliphatic heterocycles. The Kier molecular flexibility index (Phi) is 7.04. The average Bonchev–Trinajstić information content (AvgIpc) is 2.68. The lowest BCUT2D eigenvalue weighted by molar-refractivity contribution is -0.143. The van der Waals surface area contributed by atoms with Crippen LogP contribution in [0.5, 0.6) is 11.5 Å².